The standard InChI is InChI=1S/C15H22N2O/c1-10(2)8-12-6-7-17(15(12)18)13-5-4-11(3)14(16)9-13/h4-5,9-10,12H,6-8,16H2,1-3H3. The van der Waals surface area contributed by atoms with E-state index in [0.29, 0.717) is 5.92 Å². The van der Waals surface area contributed by atoms with Gasteiger partial charge in [-0.3, -0.25) is 4.79 Å². The Morgan fingerprint density at radius 1 is 1.44 bits per heavy atom. The average molecular weight is 246 g/mol. The number of rotatable bonds is 3. The predicted molar refractivity (Wildman–Crippen MR) is 75.5 cm³/mol. The van der Waals surface area contributed by atoms with Crippen molar-refractivity contribution in [2.45, 2.75) is 33.6 Å². The molecule has 0 aromatic heterocycles. The molecule has 0 bridgehead atoms. The quantitative estimate of drug-likeness (QED) is 0.833. The summed E-state index contributed by atoms with van der Waals surface area (Å²) >= 11 is 0. The molecule has 0 saturated carbocycles. The van der Waals surface area contributed by atoms with Gasteiger partial charge < -0.3 is 10.6 Å². The summed E-state index contributed by atoms with van der Waals surface area (Å²) in [6.07, 6.45) is 1.95. The minimum absolute atomic E-state index is 0.188. The van der Waals surface area contributed by atoms with E-state index in [1.54, 1.807) is 0 Å². The number of carbonyl (C=O) groups is 1. The van der Waals surface area contributed by atoms with E-state index in [2.05, 4.69) is 13.8 Å². The number of nitrogens with zero attached hydrogens (tertiary/aromatic N) is 1. The molecule has 98 valence electrons. The van der Waals surface area contributed by atoms with Gasteiger partial charge in [-0.25, -0.2) is 0 Å². The third-order valence-corrected chi connectivity index (χ3v) is 3.65. The second-order valence-electron chi connectivity index (χ2n) is 5.65. The predicted octanol–water partition coefficient (Wildman–Crippen LogP) is 2.98. The van der Waals surface area contributed by atoms with Gasteiger partial charge in [-0.2, -0.15) is 0 Å². The first-order valence-electron chi connectivity index (χ1n) is 6.66. The van der Waals surface area contributed by atoms with Crippen LogP contribution in [0.1, 0.15) is 32.3 Å². The number of hydrogen-bond acceptors (Lipinski definition) is 2. The Morgan fingerprint density at radius 3 is 2.78 bits per heavy atom. The van der Waals surface area contributed by atoms with E-state index >= 15 is 0 Å². The molecule has 2 N–H and O–H groups in total. The van der Waals surface area contributed by atoms with E-state index in [1.807, 2.05) is 30.0 Å². The molecule has 0 spiro atoms. The Balaban J connectivity index is 2.15. The van der Waals surface area contributed by atoms with E-state index in [9.17, 15) is 4.79 Å². The third-order valence-electron chi connectivity index (χ3n) is 3.65. The molecule has 1 aliphatic rings. The molecule has 1 unspecified atom stereocenters. The lowest BCUT2D eigenvalue weighted by molar-refractivity contribution is -0.120. The minimum Gasteiger partial charge on any atom is -0.398 e. The molecular formula is C15H22N2O. The van der Waals surface area contributed by atoms with E-state index in [-0.39, 0.29) is 11.8 Å². The van der Waals surface area contributed by atoms with E-state index < -0.39 is 0 Å². The first-order valence-corrected chi connectivity index (χ1v) is 6.66. The fourth-order valence-corrected chi connectivity index (χ4v) is 2.58. The van der Waals surface area contributed by atoms with Crippen LogP contribution >= 0.6 is 0 Å². The van der Waals surface area contributed by atoms with E-state index in [0.717, 1.165) is 36.3 Å². The molecular weight excluding hydrogens is 224 g/mol. The molecule has 1 aromatic carbocycles. The highest BCUT2D eigenvalue weighted by Gasteiger charge is 2.32. The van der Waals surface area contributed by atoms with Gasteiger partial charge in [0.1, 0.15) is 0 Å². The molecule has 1 amide bonds. The van der Waals surface area contributed by atoms with E-state index in [1.165, 1.54) is 0 Å². The van der Waals surface area contributed by atoms with Crippen molar-refractivity contribution < 1.29 is 4.79 Å². The maximum Gasteiger partial charge on any atom is 0.230 e. The first-order chi connectivity index (χ1) is 8.49. The van der Waals surface area contributed by atoms with Gasteiger partial charge in [0.15, 0.2) is 0 Å². The number of amides is 1. The van der Waals surface area contributed by atoms with Crippen LogP contribution in [0.5, 0.6) is 0 Å². The van der Waals surface area contributed by atoms with Crippen LogP contribution in [-0.4, -0.2) is 12.5 Å². The van der Waals surface area contributed by atoms with Crippen molar-refractivity contribution in [3.63, 3.8) is 0 Å². The number of aryl methyl sites for hydroxylation is 1. The summed E-state index contributed by atoms with van der Waals surface area (Å²) in [6, 6.07) is 5.88. The van der Waals surface area contributed by atoms with Gasteiger partial charge in [0.2, 0.25) is 5.91 Å². The van der Waals surface area contributed by atoms with Crippen LogP contribution < -0.4 is 10.6 Å². The van der Waals surface area contributed by atoms with Crippen molar-refractivity contribution in [3.05, 3.63) is 23.8 Å². The second-order valence-corrected chi connectivity index (χ2v) is 5.65. The number of anilines is 2. The van der Waals surface area contributed by atoms with Gasteiger partial charge in [-0.15, -0.1) is 0 Å². The Kier molecular flexibility index (Phi) is 3.60. The summed E-state index contributed by atoms with van der Waals surface area (Å²) in [5, 5.41) is 0. The van der Waals surface area contributed by atoms with Crippen LogP contribution in [0.4, 0.5) is 11.4 Å². The lowest BCUT2D eigenvalue weighted by Crippen LogP contribution is -2.27. The zero-order chi connectivity index (χ0) is 13.3. The fraction of sp³-hybridized carbons (Fsp3) is 0.533. The molecule has 2 rings (SSSR count). The molecule has 1 heterocycles. The second kappa shape index (κ2) is 5.01. The van der Waals surface area contributed by atoms with Crippen molar-refractivity contribution in [1.29, 1.82) is 0 Å². The Morgan fingerprint density at radius 2 is 2.17 bits per heavy atom. The van der Waals surface area contributed by atoms with Crippen molar-refractivity contribution in [3.8, 4) is 0 Å². The maximum atomic E-state index is 12.3. The smallest absolute Gasteiger partial charge is 0.230 e. The molecule has 1 saturated heterocycles. The average Bonchev–Trinajstić information content (AvgIpc) is 2.64. The third kappa shape index (κ3) is 2.50. The maximum absolute atomic E-state index is 12.3. The van der Waals surface area contributed by atoms with Crippen LogP contribution in [0.25, 0.3) is 0 Å². The molecule has 1 aliphatic heterocycles. The number of nitrogens with two attached hydrogens (primary N) is 1. The zero-order valence-corrected chi connectivity index (χ0v) is 11.4. The molecule has 3 heteroatoms. The van der Waals surface area contributed by atoms with Crippen LogP contribution in [0.3, 0.4) is 0 Å². The van der Waals surface area contributed by atoms with Crippen molar-refractivity contribution in [1.82, 2.24) is 0 Å². The largest absolute Gasteiger partial charge is 0.398 e. The normalized spacial score (nSPS) is 19.9. The SMILES string of the molecule is Cc1ccc(N2CCC(CC(C)C)C2=O)cc1N. The summed E-state index contributed by atoms with van der Waals surface area (Å²) in [7, 11) is 0. The number of benzene rings is 1. The topological polar surface area (TPSA) is 46.3 Å². The van der Waals surface area contributed by atoms with E-state index in [4.69, 9.17) is 5.73 Å². The highest BCUT2D eigenvalue weighted by atomic mass is 16.2. The first kappa shape index (κ1) is 12.9. The number of carbonyl (C=O) groups excluding carboxylic acids is 1. The van der Waals surface area contributed by atoms with Gasteiger partial charge in [-0.1, -0.05) is 19.9 Å². The Hall–Kier alpha value is -1.51. The monoisotopic (exact) mass is 246 g/mol. The van der Waals surface area contributed by atoms with Gasteiger partial charge >= 0.3 is 0 Å². The molecule has 0 aliphatic carbocycles. The summed E-state index contributed by atoms with van der Waals surface area (Å²) in [5.74, 6) is 1.02. The molecule has 0 radical (unpaired) electrons. The van der Waals surface area contributed by atoms with Crippen molar-refractivity contribution in [2.75, 3.05) is 17.2 Å². The van der Waals surface area contributed by atoms with Crippen molar-refractivity contribution in [2.24, 2.45) is 11.8 Å². The summed E-state index contributed by atoms with van der Waals surface area (Å²) < 4.78 is 0. The molecule has 1 fully saturated rings. The Labute approximate surface area is 109 Å². The highest BCUT2D eigenvalue weighted by Crippen LogP contribution is 2.30. The van der Waals surface area contributed by atoms with Gasteiger partial charge in [0.05, 0.1) is 0 Å². The van der Waals surface area contributed by atoms with Crippen molar-refractivity contribution >= 4 is 17.3 Å². The lowest BCUT2D eigenvalue weighted by Gasteiger charge is -2.18. The zero-order valence-electron chi connectivity index (χ0n) is 11.4. The Bertz CT molecular complexity index is 454. The molecule has 1 atom stereocenters. The van der Waals surface area contributed by atoms with Crippen LogP contribution in [0.15, 0.2) is 18.2 Å². The lowest BCUT2D eigenvalue weighted by atomic mass is 9.96. The summed E-state index contributed by atoms with van der Waals surface area (Å²) in [6.45, 7) is 7.13. The van der Waals surface area contributed by atoms with Gasteiger partial charge in [0, 0.05) is 23.8 Å². The summed E-state index contributed by atoms with van der Waals surface area (Å²) in [4.78, 5) is 14.2. The van der Waals surface area contributed by atoms with Crippen LogP contribution in [-0.2, 0) is 4.79 Å². The summed E-state index contributed by atoms with van der Waals surface area (Å²) in [5.41, 5.74) is 8.67. The van der Waals surface area contributed by atoms with Gasteiger partial charge in [0.25, 0.3) is 0 Å². The number of nitrogen functional groups attached to an aromatic ring is 1. The fourth-order valence-electron chi connectivity index (χ4n) is 2.58. The molecule has 1 aromatic rings. The van der Waals surface area contributed by atoms with Crippen LogP contribution in [0.2, 0.25) is 0 Å². The van der Waals surface area contributed by atoms with Gasteiger partial charge in [-0.05, 0) is 43.4 Å². The molecule has 18 heavy (non-hydrogen) atoms. The minimum atomic E-state index is 0.188. The highest BCUT2D eigenvalue weighted by molar-refractivity contribution is 5.97. The number of hydrogen-bond donors (Lipinski definition) is 1. The molecule has 3 nitrogen and oxygen atoms in total. The van der Waals surface area contributed by atoms with Crippen LogP contribution in [0, 0.1) is 18.8 Å².